The number of hydrogen-bond acceptors (Lipinski definition) is 3. The molecular weight excluding hydrogens is 366 g/mol. The first-order chi connectivity index (χ1) is 13.4. The lowest BCUT2D eigenvalue weighted by Gasteiger charge is -2.16. The minimum atomic E-state index is -0.970. The first-order valence-corrected chi connectivity index (χ1v) is 8.52. The van der Waals surface area contributed by atoms with Gasteiger partial charge in [-0.15, -0.1) is 0 Å². The predicted octanol–water partition coefficient (Wildman–Crippen LogP) is 3.91. The zero-order chi connectivity index (χ0) is 20.4. The summed E-state index contributed by atoms with van der Waals surface area (Å²) in [5.41, 5.74) is 8.16. The second kappa shape index (κ2) is 7.72. The highest BCUT2D eigenvalue weighted by Gasteiger charge is 2.20. The van der Waals surface area contributed by atoms with Crippen LogP contribution in [0, 0.1) is 18.6 Å². The number of nitrogens with zero attached hydrogens (tertiary/aromatic N) is 1. The van der Waals surface area contributed by atoms with Crippen LogP contribution in [-0.2, 0) is 6.54 Å². The van der Waals surface area contributed by atoms with E-state index in [2.05, 4.69) is 0 Å². The number of aromatic nitrogens is 1. The van der Waals surface area contributed by atoms with Crippen LogP contribution >= 0.6 is 0 Å². The van der Waals surface area contributed by atoms with E-state index in [9.17, 15) is 13.6 Å². The van der Waals surface area contributed by atoms with Crippen LogP contribution in [-0.4, -0.2) is 24.7 Å². The van der Waals surface area contributed by atoms with Gasteiger partial charge in [-0.25, -0.2) is 8.78 Å². The molecule has 7 heteroatoms. The number of hydrogen-bond donors (Lipinski definition) is 1. The van der Waals surface area contributed by atoms with Crippen molar-refractivity contribution < 1.29 is 23.0 Å². The van der Waals surface area contributed by atoms with Gasteiger partial charge in [0.15, 0.2) is 23.1 Å². The summed E-state index contributed by atoms with van der Waals surface area (Å²) in [6.45, 7) is 2.06. The van der Waals surface area contributed by atoms with E-state index in [1.54, 1.807) is 26.2 Å². The molecule has 0 aliphatic heterocycles. The van der Waals surface area contributed by atoms with Gasteiger partial charge >= 0.3 is 0 Å². The molecule has 0 unspecified atom stereocenters. The summed E-state index contributed by atoms with van der Waals surface area (Å²) in [5, 5.41) is 0. The summed E-state index contributed by atoms with van der Waals surface area (Å²) < 4.78 is 39.8. The first kappa shape index (κ1) is 19.4. The van der Waals surface area contributed by atoms with Gasteiger partial charge in [0, 0.05) is 22.5 Å². The summed E-state index contributed by atoms with van der Waals surface area (Å²) in [6, 6.07) is 10.6. The number of carbonyl (C=O) groups is 1. The van der Waals surface area contributed by atoms with Crippen molar-refractivity contribution in [2.45, 2.75) is 13.5 Å². The molecule has 1 amide bonds. The minimum absolute atomic E-state index is 0.307. The molecule has 0 saturated carbocycles. The summed E-state index contributed by atoms with van der Waals surface area (Å²) in [7, 11) is 3.08. The van der Waals surface area contributed by atoms with Gasteiger partial charge in [-0.1, -0.05) is 12.1 Å². The number of primary amides is 1. The maximum atomic E-state index is 13.8. The Morgan fingerprint density at radius 1 is 1.07 bits per heavy atom. The number of nitrogens with two attached hydrogens (primary N) is 1. The molecule has 0 aliphatic rings. The summed E-state index contributed by atoms with van der Waals surface area (Å²) >= 11 is 0. The molecule has 28 heavy (non-hydrogen) atoms. The van der Waals surface area contributed by atoms with Crippen molar-refractivity contribution in [2.75, 3.05) is 14.2 Å². The number of ether oxygens (including phenoxy) is 2. The second-order valence-electron chi connectivity index (χ2n) is 6.26. The number of methoxy groups -OCH3 is 2. The van der Waals surface area contributed by atoms with Gasteiger partial charge in [0.1, 0.15) is 0 Å². The van der Waals surface area contributed by atoms with E-state index in [1.807, 2.05) is 16.7 Å². The number of benzene rings is 2. The lowest BCUT2D eigenvalue weighted by molar-refractivity contribution is 0.0999. The third-order valence-corrected chi connectivity index (χ3v) is 4.66. The molecule has 0 spiro atoms. The number of carbonyl (C=O) groups excluding carboxylic acids is 1. The van der Waals surface area contributed by atoms with Crippen LogP contribution in [0.3, 0.4) is 0 Å². The topological polar surface area (TPSA) is 66.5 Å². The van der Waals surface area contributed by atoms with Crippen LogP contribution < -0.4 is 15.2 Å². The third kappa shape index (κ3) is 3.43. The van der Waals surface area contributed by atoms with Crippen molar-refractivity contribution in [1.82, 2.24) is 4.57 Å². The van der Waals surface area contributed by atoms with Gasteiger partial charge in [0.25, 0.3) is 5.91 Å². The highest BCUT2D eigenvalue weighted by Crippen LogP contribution is 2.34. The lowest BCUT2D eigenvalue weighted by Crippen LogP contribution is -2.13. The van der Waals surface area contributed by atoms with Gasteiger partial charge in [-0.3, -0.25) is 4.79 Å². The van der Waals surface area contributed by atoms with E-state index in [0.717, 1.165) is 17.7 Å². The number of amides is 1. The van der Waals surface area contributed by atoms with E-state index >= 15 is 0 Å². The zero-order valence-electron chi connectivity index (χ0n) is 15.8. The zero-order valence-corrected chi connectivity index (χ0v) is 15.8. The fraction of sp³-hybridized carbons (Fsp3) is 0.190. The third-order valence-electron chi connectivity index (χ3n) is 4.66. The van der Waals surface area contributed by atoms with E-state index in [4.69, 9.17) is 15.2 Å². The molecule has 5 nitrogen and oxygen atoms in total. The molecule has 0 bridgehead atoms. The standard InChI is InChI=1S/C21H20F2N2O3/c1-12-15(21(24)26)10-18(13-7-8-16(22)17(23)9-13)25(12)11-14-5-4-6-19(27-2)20(14)28-3/h4-10H,11H2,1-3H3,(H2,24,26). The Kier molecular flexibility index (Phi) is 5.35. The molecule has 3 rings (SSSR count). The molecule has 1 aromatic heterocycles. The van der Waals surface area contributed by atoms with Crippen molar-refractivity contribution in [2.24, 2.45) is 5.73 Å². The van der Waals surface area contributed by atoms with Gasteiger partial charge in [-0.05, 0) is 37.3 Å². The van der Waals surface area contributed by atoms with Crippen molar-refractivity contribution in [3.05, 3.63) is 70.9 Å². The minimum Gasteiger partial charge on any atom is -0.493 e. The molecule has 3 aromatic rings. The van der Waals surface area contributed by atoms with Crippen LogP contribution in [0.25, 0.3) is 11.3 Å². The number of rotatable bonds is 6. The monoisotopic (exact) mass is 386 g/mol. The molecule has 0 radical (unpaired) electrons. The molecule has 0 atom stereocenters. The average Bonchev–Trinajstić information content (AvgIpc) is 3.00. The number of halogens is 2. The Morgan fingerprint density at radius 3 is 2.43 bits per heavy atom. The Bertz CT molecular complexity index is 1040. The highest BCUT2D eigenvalue weighted by atomic mass is 19.2. The van der Waals surface area contributed by atoms with Crippen LogP contribution in [0.4, 0.5) is 8.78 Å². The average molecular weight is 386 g/mol. The highest BCUT2D eigenvalue weighted by molar-refractivity contribution is 5.95. The molecule has 146 valence electrons. The Morgan fingerprint density at radius 2 is 1.82 bits per heavy atom. The van der Waals surface area contributed by atoms with E-state index in [0.29, 0.717) is 40.6 Å². The molecule has 2 N–H and O–H groups in total. The summed E-state index contributed by atoms with van der Waals surface area (Å²) in [4.78, 5) is 11.8. The van der Waals surface area contributed by atoms with Crippen LogP contribution in [0.15, 0.2) is 42.5 Å². The van der Waals surface area contributed by atoms with Crippen LogP contribution in [0.1, 0.15) is 21.6 Å². The molecule has 2 aromatic carbocycles. The second-order valence-corrected chi connectivity index (χ2v) is 6.26. The number of para-hydroxylation sites is 1. The molecule has 0 fully saturated rings. The summed E-state index contributed by atoms with van der Waals surface area (Å²) in [5.74, 6) is -1.40. The van der Waals surface area contributed by atoms with Gasteiger partial charge in [0.05, 0.1) is 26.3 Å². The largest absolute Gasteiger partial charge is 0.493 e. The van der Waals surface area contributed by atoms with Crippen LogP contribution in [0.5, 0.6) is 11.5 Å². The first-order valence-electron chi connectivity index (χ1n) is 8.52. The Labute approximate surface area is 161 Å². The smallest absolute Gasteiger partial charge is 0.250 e. The van der Waals surface area contributed by atoms with Crippen molar-refractivity contribution in [3.8, 4) is 22.8 Å². The van der Waals surface area contributed by atoms with Crippen molar-refractivity contribution in [3.63, 3.8) is 0 Å². The summed E-state index contributed by atoms with van der Waals surface area (Å²) in [6.07, 6.45) is 0. The molecular formula is C21H20F2N2O3. The quantitative estimate of drug-likeness (QED) is 0.699. The van der Waals surface area contributed by atoms with Crippen LogP contribution in [0.2, 0.25) is 0 Å². The maximum Gasteiger partial charge on any atom is 0.250 e. The van der Waals surface area contributed by atoms with E-state index in [-0.39, 0.29) is 0 Å². The molecule has 0 aliphatic carbocycles. The molecule has 0 saturated heterocycles. The normalized spacial score (nSPS) is 10.8. The maximum absolute atomic E-state index is 13.8. The van der Waals surface area contributed by atoms with Gasteiger partial charge in [-0.2, -0.15) is 0 Å². The Hall–Kier alpha value is -3.35. The lowest BCUT2D eigenvalue weighted by atomic mass is 10.1. The van der Waals surface area contributed by atoms with Gasteiger partial charge in [0.2, 0.25) is 0 Å². The fourth-order valence-corrected chi connectivity index (χ4v) is 3.24. The Balaban J connectivity index is 2.18. The molecule has 1 heterocycles. The van der Waals surface area contributed by atoms with Crippen molar-refractivity contribution >= 4 is 5.91 Å². The fourth-order valence-electron chi connectivity index (χ4n) is 3.24. The van der Waals surface area contributed by atoms with E-state index in [1.165, 1.54) is 13.2 Å². The van der Waals surface area contributed by atoms with Gasteiger partial charge < -0.3 is 19.8 Å². The van der Waals surface area contributed by atoms with E-state index < -0.39 is 17.5 Å². The predicted molar refractivity (Wildman–Crippen MR) is 102 cm³/mol. The SMILES string of the molecule is COc1cccc(Cn2c(-c3ccc(F)c(F)c3)cc(C(N)=O)c2C)c1OC. The van der Waals surface area contributed by atoms with Crippen molar-refractivity contribution in [1.29, 1.82) is 0 Å².